The Morgan fingerprint density at radius 3 is 2.60 bits per heavy atom. The molecule has 1 aliphatic rings. The zero-order valence-corrected chi connectivity index (χ0v) is 14.7. The van der Waals surface area contributed by atoms with E-state index in [1.807, 2.05) is 11.8 Å². The summed E-state index contributed by atoms with van der Waals surface area (Å²) in [6.45, 7) is 2.77. The quantitative estimate of drug-likeness (QED) is 0.661. The first kappa shape index (κ1) is 17.2. The molecule has 1 heterocycles. The second-order valence-corrected chi connectivity index (χ2v) is 7.12. The summed E-state index contributed by atoms with van der Waals surface area (Å²) in [5.74, 6) is 0.0280. The van der Waals surface area contributed by atoms with Crippen LogP contribution in [0, 0.1) is 0 Å². The van der Waals surface area contributed by atoms with E-state index in [2.05, 4.69) is 4.72 Å². The van der Waals surface area contributed by atoms with Crippen LogP contribution in [0.5, 0.6) is 11.5 Å². The van der Waals surface area contributed by atoms with Gasteiger partial charge in [0.2, 0.25) is 10.0 Å². The summed E-state index contributed by atoms with van der Waals surface area (Å²) in [5, 5.41) is 0. The van der Waals surface area contributed by atoms with Crippen molar-refractivity contribution in [2.75, 3.05) is 25.2 Å². The molecule has 0 amide bonds. The number of esters is 1. The molecular formula is C17H18N2O5S. The fourth-order valence-corrected chi connectivity index (χ4v) is 3.82. The Kier molecular flexibility index (Phi) is 4.65. The van der Waals surface area contributed by atoms with E-state index < -0.39 is 16.0 Å². The van der Waals surface area contributed by atoms with Crippen molar-refractivity contribution < 1.29 is 22.7 Å². The van der Waals surface area contributed by atoms with Gasteiger partial charge in [-0.05, 0) is 37.3 Å². The molecule has 2 aromatic carbocycles. The van der Waals surface area contributed by atoms with Gasteiger partial charge in [-0.15, -0.1) is 0 Å². The number of rotatable bonds is 4. The molecule has 0 aliphatic carbocycles. The molecule has 0 unspecified atom stereocenters. The summed E-state index contributed by atoms with van der Waals surface area (Å²) in [6, 6.07) is 11.3. The predicted octanol–water partition coefficient (Wildman–Crippen LogP) is 1.99. The Balaban J connectivity index is 1.95. The Morgan fingerprint density at radius 2 is 1.92 bits per heavy atom. The fourth-order valence-electron chi connectivity index (χ4n) is 2.59. The van der Waals surface area contributed by atoms with E-state index in [9.17, 15) is 13.2 Å². The number of fused-ring (bicyclic) bond motifs is 1. The third kappa shape index (κ3) is 3.31. The van der Waals surface area contributed by atoms with E-state index in [1.54, 1.807) is 36.4 Å². The third-order valence-corrected chi connectivity index (χ3v) is 5.34. The van der Waals surface area contributed by atoms with Crippen LogP contribution in [0.2, 0.25) is 0 Å². The van der Waals surface area contributed by atoms with Crippen molar-refractivity contribution >= 4 is 21.7 Å². The highest BCUT2D eigenvalue weighted by Crippen LogP contribution is 2.31. The maximum atomic E-state index is 12.4. The van der Waals surface area contributed by atoms with E-state index in [4.69, 9.17) is 9.47 Å². The Morgan fingerprint density at radius 1 is 1.20 bits per heavy atom. The molecule has 132 valence electrons. The molecule has 0 fully saturated rings. The van der Waals surface area contributed by atoms with Crippen molar-refractivity contribution in [2.45, 2.75) is 11.8 Å². The molecule has 3 rings (SSSR count). The zero-order chi connectivity index (χ0) is 18.0. The Labute approximate surface area is 146 Å². The van der Waals surface area contributed by atoms with Crippen LogP contribution in [0.15, 0.2) is 47.4 Å². The van der Waals surface area contributed by atoms with Gasteiger partial charge in [0, 0.05) is 6.54 Å². The van der Waals surface area contributed by atoms with Crippen molar-refractivity contribution in [1.29, 1.82) is 0 Å². The monoisotopic (exact) mass is 362 g/mol. The van der Waals surface area contributed by atoms with Crippen molar-refractivity contribution in [3.8, 4) is 11.5 Å². The minimum absolute atomic E-state index is 0.0649. The predicted molar refractivity (Wildman–Crippen MR) is 92.6 cm³/mol. The van der Waals surface area contributed by atoms with Gasteiger partial charge in [-0.2, -0.15) is 4.72 Å². The van der Waals surface area contributed by atoms with Crippen LogP contribution in [0.4, 0.5) is 5.69 Å². The van der Waals surface area contributed by atoms with Gasteiger partial charge in [0.15, 0.2) is 11.5 Å². The second-order valence-electron chi connectivity index (χ2n) is 5.38. The van der Waals surface area contributed by atoms with Crippen LogP contribution in [0.1, 0.15) is 17.3 Å². The van der Waals surface area contributed by atoms with Crippen molar-refractivity contribution in [3.05, 3.63) is 48.0 Å². The van der Waals surface area contributed by atoms with Crippen LogP contribution in [-0.4, -0.2) is 34.7 Å². The number of carbonyl (C=O) groups excluding carboxylic acids is 1. The second kappa shape index (κ2) is 6.73. The lowest BCUT2D eigenvalue weighted by Gasteiger charge is -2.30. The topological polar surface area (TPSA) is 84.9 Å². The van der Waals surface area contributed by atoms with Gasteiger partial charge in [0.25, 0.3) is 0 Å². The Bertz CT molecular complexity index is 911. The molecule has 8 heteroatoms. The highest BCUT2D eigenvalue weighted by molar-refractivity contribution is 7.89. The lowest BCUT2D eigenvalue weighted by Crippen LogP contribution is -2.43. The van der Waals surface area contributed by atoms with Gasteiger partial charge >= 0.3 is 5.97 Å². The first-order chi connectivity index (χ1) is 12.0. The Hall–Kier alpha value is -2.58. The molecule has 0 atom stereocenters. The number of nitrogens with zero attached hydrogens (tertiary/aromatic N) is 1. The summed E-state index contributed by atoms with van der Waals surface area (Å²) >= 11 is 0. The standard InChI is InChI=1S/C17H18N2O5S/c1-3-19-11-18-25(21,22)16-10-12(8-9-13(16)19)17(20)24-15-7-5-4-6-14(15)23-2/h4-10,18H,3,11H2,1-2H3. The largest absolute Gasteiger partial charge is 0.493 e. The van der Waals surface area contributed by atoms with Gasteiger partial charge in [-0.25, -0.2) is 13.2 Å². The van der Waals surface area contributed by atoms with Crippen molar-refractivity contribution in [2.24, 2.45) is 0 Å². The summed E-state index contributed by atoms with van der Waals surface area (Å²) in [7, 11) is -2.18. The molecule has 25 heavy (non-hydrogen) atoms. The highest BCUT2D eigenvalue weighted by atomic mass is 32.2. The number of benzene rings is 2. The van der Waals surface area contributed by atoms with Crippen LogP contribution in [-0.2, 0) is 10.0 Å². The first-order valence-corrected chi connectivity index (χ1v) is 9.18. The number of anilines is 1. The molecule has 0 saturated heterocycles. The number of carbonyl (C=O) groups is 1. The van der Waals surface area contributed by atoms with E-state index in [0.717, 1.165) is 0 Å². The molecule has 2 aromatic rings. The van der Waals surface area contributed by atoms with Crippen molar-refractivity contribution in [3.63, 3.8) is 0 Å². The van der Waals surface area contributed by atoms with Gasteiger partial charge in [-0.3, -0.25) is 0 Å². The van der Waals surface area contributed by atoms with Gasteiger partial charge < -0.3 is 14.4 Å². The number of hydrogen-bond donors (Lipinski definition) is 1. The lowest BCUT2D eigenvalue weighted by molar-refractivity contribution is 0.0729. The lowest BCUT2D eigenvalue weighted by atomic mass is 10.2. The maximum Gasteiger partial charge on any atom is 0.343 e. The molecule has 0 radical (unpaired) electrons. The number of sulfonamides is 1. The van der Waals surface area contributed by atoms with Crippen LogP contribution >= 0.6 is 0 Å². The van der Waals surface area contributed by atoms with Gasteiger partial charge in [0.1, 0.15) is 4.90 Å². The molecule has 7 nitrogen and oxygen atoms in total. The normalized spacial score (nSPS) is 15.4. The summed E-state index contributed by atoms with van der Waals surface area (Å²) in [5.41, 5.74) is 0.711. The molecular weight excluding hydrogens is 344 g/mol. The third-order valence-electron chi connectivity index (χ3n) is 3.92. The number of ether oxygens (including phenoxy) is 2. The summed E-state index contributed by atoms with van der Waals surface area (Å²) < 4.78 is 37.5. The molecule has 0 bridgehead atoms. The molecule has 0 spiro atoms. The number of methoxy groups -OCH3 is 1. The van der Waals surface area contributed by atoms with Crippen LogP contribution in [0.25, 0.3) is 0 Å². The van der Waals surface area contributed by atoms with Crippen LogP contribution < -0.4 is 19.1 Å². The SMILES string of the molecule is CCN1CNS(=O)(=O)c2cc(C(=O)Oc3ccccc3OC)ccc21. The summed E-state index contributed by atoms with van der Waals surface area (Å²) in [6.07, 6.45) is 0. The maximum absolute atomic E-state index is 12.4. The molecule has 0 aromatic heterocycles. The fraction of sp³-hybridized carbons (Fsp3) is 0.235. The number of para-hydroxylation sites is 2. The zero-order valence-electron chi connectivity index (χ0n) is 13.9. The smallest absolute Gasteiger partial charge is 0.343 e. The highest BCUT2D eigenvalue weighted by Gasteiger charge is 2.28. The van der Waals surface area contributed by atoms with E-state index in [-0.39, 0.29) is 22.9 Å². The molecule has 0 saturated carbocycles. The molecule has 1 N–H and O–H groups in total. The average Bonchev–Trinajstić information content (AvgIpc) is 2.62. The minimum atomic E-state index is -3.65. The van der Waals surface area contributed by atoms with Gasteiger partial charge in [0.05, 0.1) is 25.0 Å². The summed E-state index contributed by atoms with van der Waals surface area (Å²) in [4.78, 5) is 14.4. The van der Waals surface area contributed by atoms with Crippen LogP contribution in [0.3, 0.4) is 0 Å². The van der Waals surface area contributed by atoms with E-state index in [0.29, 0.717) is 18.0 Å². The molecule has 1 aliphatic heterocycles. The average molecular weight is 362 g/mol. The van der Waals surface area contributed by atoms with E-state index >= 15 is 0 Å². The number of nitrogens with one attached hydrogen (secondary N) is 1. The number of hydrogen-bond acceptors (Lipinski definition) is 6. The minimum Gasteiger partial charge on any atom is -0.493 e. The van der Waals surface area contributed by atoms with Gasteiger partial charge in [-0.1, -0.05) is 12.1 Å². The first-order valence-electron chi connectivity index (χ1n) is 7.70. The van der Waals surface area contributed by atoms with E-state index in [1.165, 1.54) is 13.2 Å². The van der Waals surface area contributed by atoms with Crippen molar-refractivity contribution in [1.82, 2.24) is 4.72 Å².